The highest BCUT2D eigenvalue weighted by atomic mass is 15.2. The first-order chi connectivity index (χ1) is 9.17. The molecule has 0 saturated heterocycles. The van der Waals surface area contributed by atoms with Gasteiger partial charge in [-0.05, 0) is 25.8 Å². The summed E-state index contributed by atoms with van der Waals surface area (Å²) in [6.45, 7) is 5.64. The van der Waals surface area contributed by atoms with Crippen molar-refractivity contribution in [1.82, 2.24) is 19.7 Å². The molecule has 0 bridgehead atoms. The zero-order valence-electron chi connectivity index (χ0n) is 11.6. The van der Waals surface area contributed by atoms with E-state index in [1.165, 1.54) is 5.56 Å². The van der Waals surface area contributed by atoms with Crippen LogP contribution >= 0.6 is 0 Å². The molecule has 2 N–H and O–H groups in total. The third-order valence-electron chi connectivity index (χ3n) is 2.67. The smallest absolute Gasteiger partial charge is 0.224 e. The summed E-state index contributed by atoms with van der Waals surface area (Å²) in [4.78, 5) is 8.72. The second kappa shape index (κ2) is 6.17. The zero-order valence-corrected chi connectivity index (χ0v) is 11.6. The third kappa shape index (κ3) is 3.94. The highest BCUT2D eigenvalue weighted by Gasteiger charge is 2.01. The number of nitrogens with one attached hydrogen (secondary N) is 2. The maximum absolute atomic E-state index is 4.41. The lowest BCUT2D eigenvalue weighted by atomic mass is 10.2. The van der Waals surface area contributed by atoms with Gasteiger partial charge in [-0.3, -0.25) is 4.68 Å². The van der Waals surface area contributed by atoms with Gasteiger partial charge in [0.1, 0.15) is 5.82 Å². The number of nitrogens with zero attached hydrogens (tertiary/aromatic N) is 4. The quantitative estimate of drug-likeness (QED) is 0.826. The number of anilines is 2. The van der Waals surface area contributed by atoms with E-state index in [-0.39, 0.29) is 0 Å². The van der Waals surface area contributed by atoms with Gasteiger partial charge in [0, 0.05) is 38.1 Å². The fraction of sp³-hybridized carbons (Fsp3) is 0.462. The van der Waals surface area contributed by atoms with Crippen LogP contribution in [0, 0.1) is 6.92 Å². The molecule has 0 aliphatic heterocycles. The SMILES string of the molecule is CCNc1nc(C)cc(NCCc2cnn(C)c2)n1. The van der Waals surface area contributed by atoms with E-state index >= 15 is 0 Å². The summed E-state index contributed by atoms with van der Waals surface area (Å²) < 4.78 is 1.81. The van der Waals surface area contributed by atoms with Crippen LogP contribution in [0.4, 0.5) is 11.8 Å². The van der Waals surface area contributed by atoms with Gasteiger partial charge in [-0.2, -0.15) is 10.1 Å². The van der Waals surface area contributed by atoms with Crippen LogP contribution in [0.2, 0.25) is 0 Å². The predicted octanol–water partition coefficient (Wildman–Crippen LogP) is 1.60. The molecule has 0 atom stereocenters. The molecule has 6 nitrogen and oxygen atoms in total. The molecule has 2 heterocycles. The van der Waals surface area contributed by atoms with Gasteiger partial charge in [0.25, 0.3) is 0 Å². The van der Waals surface area contributed by atoms with Crippen LogP contribution in [0.15, 0.2) is 18.5 Å². The van der Waals surface area contributed by atoms with Gasteiger partial charge in [0.15, 0.2) is 0 Å². The average molecular weight is 260 g/mol. The van der Waals surface area contributed by atoms with E-state index in [2.05, 4.69) is 25.7 Å². The van der Waals surface area contributed by atoms with E-state index < -0.39 is 0 Å². The number of aryl methyl sites for hydroxylation is 2. The van der Waals surface area contributed by atoms with E-state index in [0.29, 0.717) is 5.95 Å². The van der Waals surface area contributed by atoms with Crippen LogP contribution in [0.25, 0.3) is 0 Å². The van der Waals surface area contributed by atoms with Crippen LogP contribution in [0.3, 0.4) is 0 Å². The van der Waals surface area contributed by atoms with Crippen LogP contribution in [-0.2, 0) is 13.5 Å². The van der Waals surface area contributed by atoms with Crippen molar-refractivity contribution in [3.63, 3.8) is 0 Å². The number of aromatic nitrogens is 4. The molecule has 0 amide bonds. The normalized spacial score (nSPS) is 10.5. The van der Waals surface area contributed by atoms with E-state index in [0.717, 1.165) is 31.0 Å². The summed E-state index contributed by atoms with van der Waals surface area (Å²) in [6.07, 6.45) is 4.83. The van der Waals surface area contributed by atoms with Gasteiger partial charge in [0.05, 0.1) is 6.20 Å². The van der Waals surface area contributed by atoms with Crippen molar-refractivity contribution in [3.05, 3.63) is 29.7 Å². The summed E-state index contributed by atoms with van der Waals surface area (Å²) in [5.41, 5.74) is 2.17. The lowest BCUT2D eigenvalue weighted by Gasteiger charge is -2.08. The molecular weight excluding hydrogens is 240 g/mol. The van der Waals surface area contributed by atoms with Gasteiger partial charge in [-0.1, -0.05) is 0 Å². The van der Waals surface area contributed by atoms with Crippen molar-refractivity contribution < 1.29 is 0 Å². The molecule has 0 aliphatic rings. The summed E-state index contributed by atoms with van der Waals surface area (Å²) in [5.74, 6) is 1.53. The minimum absolute atomic E-state index is 0.673. The molecule has 2 aromatic heterocycles. The molecule has 102 valence electrons. The first-order valence-corrected chi connectivity index (χ1v) is 6.48. The van der Waals surface area contributed by atoms with Crippen molar-refractivity contribution in [2.24, 2.45) is 7.05 Å². The van der Waals surface area contributed by atoms with Crippen molar-refractivity contribution in [2.45, 2.75) is 20.3 Å². The molecular formula is C13H20N6. The monoisotopic (exact) mass is 260 g/mol. The average Bonchev–Trinajstić information content (AvgIpc) is 2.75. The summed E-state index contributed by atoms with van der Waals surface area (Å²) in [7, 11) is 1.92. The summed E-state index contributed by atoms with van der Waals surface area (Å²) in [5, 5.41) is 10.6. The Labute approximate surface area is 113 Å². The van der Waals surface area contributed by atoms with Crippen molar-refractivity contribution in [3.8, 4) is 0 Å². The number of hydrogen-bond donors (Lipinski definition) is 2. The molecule has 0 unspecified atom stereocenters. The van der Waals surface area contributed by atoms with Gasteiger partial charge in [-0.15, -0.1) is 0 Å². The Hall–Kier alpha value is -2.11. The number of hydrogen-bond acceptors (Lipinski definition) is 5. The highest BCUT2D eigenvalue weighted by molar-refractivity contribution is 5.42. The standard InChI is InChI=1S/C13H20N6/c1-4-14-13-17-10(2)7-12(18-13)15-6-5-11-8-16-19(3)9-11/h7-9H,4-6H2,1-3H3,(H2,14,15,17,18). The fourth-order valence-corrected chi connectivity index (χ4v) is 1.83. The van der Waals surface area contributed by atoms with E-state index in [4.69, 9.17) is 0 Å². The highest BCUT2D eigenvalue weighted by Crippen LogP contribution is 2.09. The minimum Gasteiger partial charge on any atom is -0.370 e. The summed E-state index contributed by atoms with van der Waals surface area (Å²) >= 11 is 0. The van der Waals surface area contributed by atoms with E-state index in [9.17, 15) is 0 Å². The molecule has 0 radical (unpaired) electrons. The minimum atomic E-state index is 0.673. The lowest BCUT2D eigenvalue weighted by Crippen LogP contribution is -2.09. The van der Waals surface area contributed by atoms with E-state index in [1.54, 1.807) is 0 Å². The van der Waals surface area contributed by atoms with Gasteiger partial charge in [-0.25, -0.2) is 4.98 Å². The van der Waals surface area contributed by atoms with Crippen LogP contribution in [0.5, 0.6) is 0 Å². The van der Waals surface area contributed by atoms with Crippen LogP contribution in [0.1, 0.15) is 18.2 Å². The fourth-order valence-electron chi connectivity index (χ4n) is 1.83. The molecule has 2 aromatic rings. The maximum Gasteiger partial charge on any atom is 0.224 e. The van der Waals surface area contributed by atoms with Gasteiger partial charge >= 0.3 is 0 Å². The first-order valence-electron chi connectivity index (χ1n) is 6.48. The molecule has 0 aliphatic carbocycles. The molecule has 0 spiro atoms. The Morgan fingerprint density at radius 2 is 2.11 bits per heavy atom. The molecule has 0 aromatic carbocycles. The lowest BCUT2D eigenvalue weighted by molar-refractivity contribution is 0.767. The molecule has 2 rings (SSSR count). The molecule has 6 heteroatoms. The second-order valence-electron chi connectivity index (χ2n) is 4.45. The predicted molar refractivity (Wildman–Crippen MR) is 76.3 cm³/mol. The topological polar surface area (TPSA) is 67.7 Å². The largest absolute Gasteiger partial charge is 0.370 e. The van der Waals surface area contributed by atoms with Crippen LogP contribution in [-0.4, -0.2) is 32.8 Å². The Morgan fingerprint density at radius 3 is 2.79 bits per heavy atom. The Bertz CT molecular complexity index is 534. The van der Waals surface area contributed by atoms with E-state index in [1.807, 2.05) is 44.0 Å². The third-order valence-corrected chi connectivity index (χ3v) is 2.67. The Morgan fingerprint density at radius 1 is 1.26 bits per heavy atom. The van der Waals surface area contributed by atoms with Gasteiger partial charge < -0.3 is 10.6 Å². The molecule has 0 fully saturated rings. The first kappa shape index (κ1) is 13.3. The summed E-state index contributed by atoms with van der Waals surface area (Å²) in [6, 6.07) is 1.95. The Balaban J connectivity index is 1.91. The Kier molecular flexibility index (Phi) is 4.33. The zero-order chi connectivity index (χ0) is 13.7. The second-order valence-corrected chi connectivity index (χ2v) is 4.45. The molecule has 0 saturated carbocycles. The number of rotatable bonds is 6. The van der Waals surface area contributed by atoms with Crippen molar-refractivity contribution in [2.75, 3.05) is 23.7 Å². The molecule has 19 heavy (non-hydrogen) atoms. The van der Waals surface area contributed by atoms with Crippen LogP contribution < -0.4 is 10.6 Å². The van der Waals surface area contributed by atoms with Crippen molar-refractivity contribution >= 4 is 11.8 Å². The maximum atomic E-state index is 4.41. The van der Waals surface area contributed by atoms with Crippen molar-refractivity contribution in [1.29, 1.82) is 0 Å². The van der Waals surface area contributed by atoms with Gasteiger partial charge in [0.2, 0.25) is 5.95 Å².